The largest absolute Gasteiger partial charge is 0.484 e. The Hall–Kier alpha value is -2.12. The maximum absolute atomic E-state index is 12.0. The first-order valence-electron chi connectivity index (χ1n) is 6.81. The van der Waals surface area contributed by atoms with Crippen LogP contribution in [-0.2, 0) is 11.8 Å². The average Bonchev–Trinajstić information content (AvgIpc) is 2.81. The van der Waals surface area contributed by atoms with Gasteiger partial charge in [-0.3, -0.25) is 9.59 Å². The second-order valence-corrected chi connectivity index (χ2v) is 6.81. The summed E-state index contributed by atoms with van der Waals surface area (Å²) in [5.41, 5.74) is 1.49. The highest BCUT2D eigenvalue weighted by molar-refractivity contribution is 9.10. The van der Waals surface area contributed by atoms with E-state index in [-0.39, 0.29) is 17.4 Å². The highest BCUT2D eigenvalue weighted by Crippen LogP contribution is 2.21. The monoisotopic (exact) mass is 392 g/mol. The van der Waals surface area contributed by atoms with E-state index in [1.54, 1.807) is 35.9 Å². The van der Waals surface area contributed by atoms with Crippen molar-refractivity contribution < 1.29 is 9.53 Å². The third-order valence-corrected chi connectivity index (χ3v) is 4.78. The zero-order chi connectivity index (χ0) is 16.4. The highest BCUT2D eigenvalue weighted by atomic mass is 79.9. The SMILES string of the molecule is Cn1c(=O)sc2cc(NC(=O)COc3ccc(Br)cc3)ccc21. The van der Waals surface area contributed by atoms with Crippen molar-refractivity contribution in [2.24, 2.45) is 7.05 Å². The van der Waals surface area contributed by atoms with Crippen LogP contribution in [0.2, 0.25) is 0 Å². The molecular weight excluding hydrogens is 380 g/mol. The fourth-order valence-corrected chi connectivity index (χ4v) is 3.27. The van der Waals surface area contributed by atoms with Crippen molar-refractivity contribution in [1.29, 1.82) is 0 Å². The van der Waals surface area contributed by atoms with E-state index in [1.165, 1.54) is 0 Å². The molecule has 0 atom stereocenters. The third-order valence-electron chi connectivity index (χ3n) is 3.26. The zero-order valence-corrected chi connectivity index (χ0v) is 14.6. The van der Waals surface area contributed by atoms with Gasteiger partial charge >= 0.3 is 4.87 Å². The number of carbonyl (C=O) groups is 1. The summed E-state index contributed by atoms with van der Waals surface area (Å²) >= 11 is 4.49. The number of rotatable bonds is 4. The molecule has 0 saturated carbocycles. The highest BCUT2D eigenvalue weighted by Gasteiger charge is 2.08. The molecule has 0 unspecified atom stereocenters. The molecule has 118 valence electrons. The molecule has 3 rings (SSSR count). The molecule has 0 radical (unpaired) electrons. The summed E-state index contributed by atoms with van der Waals surface area (Å²) < 4.78 is 8.79. The van der Waals surface area contributed by atoms with E-state index in [0.717, 1.165) is 26.0 Å². The van der Waals surface area contributed by atoms with Gasteiger partial charge in [-0.25, -0.2) is 0 Å². The minimum atomic E-state index is -0.254. The van der Waals surface area contributed by atoms with Crippen LogP contribution in [0, 0.1) is 0 Å². The maximum Gasteiger partial charge on any atom is 0.307 e. The van der Waals surface area contributed by atoms with Gasteiger partial charge in [-0.05, 0) is 42.5 Å². The number of thiazole rings is 1. The standard InChI is InChI=1S/C16H13BrN2O3S/c1-19-13-7-4-11(8-14(13)23-16(19)21)18-15(20)9-22-12-5-2-10(17)3-6-12/h2-8H,9H2,1H3,(H,18,20). The van der Waals surface area contributed by atoms with E-state index < -0.39 is 0 Å². The zero-order valence-electron chi connectivity index (χ0n) is 12.2. The Balaban J connectivity index is 1.65. The third kappa shape index (κ3) is 3.62. The van der Waals surface area contributed by atoms with Crippen LogP contribution in [0.3, 0.4) is 0 Å². The number of hydrogen-bond acceptors (Lipinski definition) is 4. The number of nitrogens with one attached hydrogen (secondary N) is 1. The van der Waals surface area contributed by atoms with Gasteiger partial charge in [0.1, 0.15) is 5.75 Å². The Labute approximate surface area is 144 Å². The first-order chi connectivity index (χ1) is 11.0. The number of amides is 1. The summed E-state index contributed by atoms with van der Waals surface area (Å²) in [4.78, 5) is 23.6. The summed E-state index contributed by atoms with van der Waals surface area (Å²) in [5, 5.41) is 2.77. The second-order valence-electron chi connectivity index (χ2n) is 4.90. The number of fused-ring (bicyclic) bond motifs is 1. The fraction of sp³-hybridized carbons (Fsp3) is 0.125. The van der Waals surface area contributed by atoms with Gasteiger partial charge < -0.3 is 14.6 Å². The predicted molar refractivity (Wildman–Crippen MR) is 95.3 cm³/mol. The number of benzene rings is 2. The lowest BCUT2D eigenvalue weighted by Gasteiger charge is -2.08. The summed E-state index contributed by atoms with van der Waals surface area (Å²) in [7, 11) is 1.73. The molecule has 1 aromatic heterocycles. The Morgan fingerprint density at radius 2 is 2.00 bits per heavy atom. The van der Waals surface area contributed by atoms with Crippen molar-refractivity contribution in [3.05, 3.63) is 56.6 Å². The van der Waals surface area contributed by atoms with Crippen molar-refractivity contribution in [2.45, 2.75) is 0 Å². The summed E-state index contributed by atoms with van der Waals surface area (Å²) in [6, 6.07) is 12.6. The molecule has 0 aliphatic rings. The average molecular weight is 393 g/mol. The van der Waals surface area contributed by atoms with Crippen LogP contribution in [0.25, 0.3) is 10.2 Å². The van der Waals surface area contributed by atoms with E-state index in [1.807, 2.05) is 18.2 Å². The first-order valence-corrected chi connectivity index (χ1v) is 8.42. The van der Waals surface area contributed by atoms with E-state index >= 15 is 0 Å². The molecule has 0 spiro atoms. The van der Waals surface area contributed by atoms with Gasteiger partial charge in [-0.15, -0.1) is 0 Å². The molecule has 0 aliphatic heterocycles. The number of hydrogen-bond donors (Lipinski definition) is 1. The minimum absolute atomic E-state index is 0.0259. The van der Waals surface area contributed by atoms with Crippen molar-refractivity contribution in [2.75, 3.05) is 11.9 Å². The lowest BCUT2D eigenvalue weighted by Crippen LogP contribution is -2.20. The van der Waals surface area contributed by atoms with E-state index in [0.29, 0.717) is 11.4 Å². The van der Waals surface area contributed by atoms with E-state index in [9.17, 15) is 9.59 Å². The van der Waals surface area contributed by atoms with Crippen LogP contribution in [0.1, 0.15) is 0 Å². The van der Waals surface area contributed by atoms with E-state index in [4.69, 9.17) is 4.74 Å². The summed E-state index contributed by atoms with van der Waals surface area (Å²) in [6.45, 7) is -0.0787. The Morgan fingerprint density at radius 3 is 2.74 bits per heavy atom. The predicted octanol–water partition coefficient (Wildman–Crippen LogP) is 3.38. The molecule has 1 heterocycles. The van der Waals surface area contributed by atoms with Gasteiger partial charge in [0.05, 0.1) is 10.2 Å². The number of aromatic nitrogens is 1. The quantitative estimate of drug-likeness (QED) is 0.740. The van der Waals surface area contributed by atoms with Crippen molar-refractivity contribution in [3.8, 4) is 5.75 Å². The minimum Gasteiger partial charge on any atom is -0.484 e. The Bertz CT molecular complexity index is 915. The molecule has 5 nitrogen and oxygen atoms in total. The maximum atomic E-state index is 12.0. The van der Waals surface area contributed by atoms with Gasteiger partial charge in [0.15, 0.2) is 6.61 Å². The number of halogens is 1. The lowest BCUT2D eigenvalue weighted by atomic mass is 10.3. The topological polar surface area (TPSA) is 60.3 Å². The van der Waals surface area contributed by atoms with Gasteiger partial charge in [0.25, 0.3) is 5.91 Å². The number of anilines is 1. The Morgan fingerprint density at radius 1 is 1.26 bits per heavy atom. The van der Waals surface area contributed by atoms with Crippen molar-refractivity contribution >= 4 is 49.1 Å². The van der Waals surface area contributed by atoms with Crippen molar-refractivity contribution in [1.82, 2.24) is 4.57 Å². The van der Waals surface area contributed by atoms with Crippen LogP contribution in [0.4, 0.5) is 5.69 Å². The smallest absolute Gasteiger partial charge is 0.307 e. The molecule has 1 amide bonds. The van der Waals surface area contributed by atoms with Crippen LogP contribution >= 0.6 is 27.3 Å². The first kappa shape index (κ1) is 15.8. The molecule has 0 bridgehead atoms. The Kier molecular flexibility index (Phi) is 4.49. The fourth-order valence-electron chi connectivity index (χ4n) is 2.09. The number of carbonyl (C=O) groups excluding carboxylic acids is 1. The number of aryl methyl sites for hydroxylation is 1. The van der Waals surface area contributed by atoms with E-state index in [2.05, 4.69) is 21.2 Å². The van der Waals surface area contributed by atoms with Gasteiger partial charge in [-0.2, -0.15) is 0 Å². The van der Waals surface area contributed by atoms with Crippen molar-refractivity contribution in [3.63, 3.8) is 0 Å². The van der Waals surface area contributed by atoms with Crippen LogP contribution in [0.15, 0.2) is 51.7 Å². The second kappa shape index (κ2) is 6.55. The number of nitrogens with zero attached hydrogens (tertiary/aromatic N) is 1. The van der Waals surface area contributed by atoms with Gasteiger partial charge in [-0.1, -0.05) is 27.3 Å². The normalized spacial score (nSPS) is 10.7. The van der Waals surface area contributed by atoms with Crippen LogP contribution in [-0.4, -0.2) is 17.1 Å². The molecule has 0 aliphatic carbocycles. The van der Waals surface area contributed by atoms with Crippen LogP contribution < -0.4 is 14.9 Å². The molecular formula is C16H13BrN2O3S. The summed E-state index contributed by atoms with van der Waals surface area (Å²) in [6.07, 6.45) is 0. The molecule has 1 N–H and O–H groups in total. The molecule has 3 aromatic rings. The lowest BCUT2D eigenvalue weighted by molar-refractivity contribution is -0.118. The number of ether oxygens (including phenoxy) is 1. The van der Waals surface area contributed by atoms with Crippen LogP contribution in [0.5, 0.6) is 5.75 Å². The molecule has 0 saturated heterocycles. The molecule has 2 aromatic carbocycles. The molecule has 23 heavy (non-hydrogen) atoms. The van der Waals surface area contributed by atoms with Gasteiger partial charge in [0, 0.05) is 17.2 Å². The molecule has 0 fully saturated rings. The van der Waals surface area contributed by atoms with Gasteiger partial charge in [0.2, 0.25) is 0 Å². The molecule has 7 heteroatoms. The summed E-state index contributed by atoms with van der Waals surface area (Å²) in [5.74, 6) is 0.371.